The molecule has 3 aromatic rings. The SMILES string of the molecule is COc1ccc(CNC(=O)c2cc(-c3ccc(C)o3)[nH]n2)cc1F. The van der Waals surface area contributed by atoms with Crippen molar-refractivity contribution in [3.05, 3.63) is 59.2 Å². The second kappa shape index (κ2) is 6.57. The van der Waals surface area contributed by atoms with E-state index in [4.69, 9.17) is 9.15 Å². The maximum Gasteiger partial charge on any atom is 0.272 e. The van der Waals surface area contributed by atoms with E-state index in [2.05, 4.69) is 15.5 Å². The molecule has 1 amide bonds. The van der Waals surface area contributed by atoms with E-state index in [1.807, 2.05) is 13.0 Å². The van der Waals surface area contributed by atoms with Gasteiger partial charge in [0.05, 0.1) is 7.11 Å². The summed E-state index contributed by atoms with van der Waals surface area (Å²) in [4.78, 5) is 12.1. The van der Waals surface area contributed by atoms with E-state index in [0.717, 1.165) is 5.76 Å². The molecule has 6 nitrogen and oxygen atoms in total. The molecule has 1 aromatic carbocycles. The van der Waals surface area contributed by atoms with Gasteiger partial charge in [-0.15, -0.1) is 0 Å². The fraction of sp³-hybridized carbons (Fsp3) is 0.176. The summed E-state index contributed by atoms with van der Waals surface area (Å²) >= 11 is 0. The molecule has 0 aliphatic heterocycles. The van der Waals surface area contributed by atoms with Crippen molar-refractivity contribution in [3.63, 3.8) is 0 Å². The number of carbonyl (C=O) groups excluding carboxylic acids is 1. The van der Waals surface area contributed by atoms with Gasteiger partial charge in [-0.1, -0.05) is 6.07 Å². The minimum atomic E-state index is -0.473. The molecule has 0 spiro atoms. The number of rotatable bonds is 5. The molecule has 0 radical (unpaired) electrons. The average Bonchev–Trinajstić information content (AvgIpc) is 3.21. The summed E-state index contributed by atoms with van der Waals surface area (Å²) in [6, 6.07) is 9.74. The summed E-state index contributed by atoms with van der Waals surface area (Å²) in [5.41, 5.74) is 1.47. The van der Waals surface area contributed by atoms with Crippen molar-refractivity contribution >= 4 is 5.91 Å². The first kappa shape index (κ1) is 15.8. The fourth-order valence-electron chi connectivity index (χ4n) is 2.24. The van der Waals surface area contributed by atoms with Gasteiger partial charge < -0.3 is 14.5 Å². The zero-order chi connectivity index (χ0) is 17.1. The van der Waals surface area contributed by atoms with Crippen LogP contribution in [0, 0.1) is 12.7 Å². The number of amides is 1. The molecule has 0 unspecified atom stereocenters. The van der Waals surface area contributed by atoms with Gasteiger partial charge in [-0.25, -0.2) is 4.39 Å². The minimum absolute atomic E-state index is 0.163. The largest absolute Gasteiger partial charge is 0.494 e. The smallest absolute Gasteiger partial charge is 0.272 e. The van der Waals surface area contributed by atoms with Crippen LogP contribution in [0.4, 0.5) is 4.39 Å². The Hall–Kier alpha value is -3.09. The summed E-state index contributed by atoms with van der Waals surface area (Å²) in [5, 5.41) is 9.42. The molecule has 124 valence electrons. The van der Waals surface area contributed by atoms with Crippen molar-refractivity contribution in [1.29, 1.82) is 0 Å². The Labute approximate surface area is 137 Å². The van der Waals surface area contributed by atoms with Crippen LogP contribution in [-0.2, 0) is 6.54 Å². The molecular weight excluding hydrogens is 313 g/mol. The molecule has 3 rings (SSSR count). The number of furan rings is 1. The van der Waals surface area contributed by atoms with Crippen LogP contribution < -0.4 is 10.1 Å². The van der Waals surface area contributed by atoms with E-state index in [-0.39, 0.29) is 23.9 Å². The topological polar surface area (TPSA) is 80.1 Å². The summed E-state index contributed by atoms with van der Waals surface area (Å²) in [6.07, 6.45) is 0. The number of carbonyl (C=O) groups is 1. The molecular formula is C17H16FN3O3. The monoisotopic (exact) mass is 329 g/mol. The maximum atomic E-state index is 13.6. The second-order valence-electron chi connectivity index (χ2n) is 5.23. The Kier molecular flexibility index (Phi) is 4.33. The lowest BCUT2D eigenvalue weighted by Gasteiger charge is -2.06. The second-order valence-corrected chi connectivity index (χ2v) is 5.23. The van der Waals surface area contributed by atoms with Gasteiger partial charge in [-0.05, 0) is 36.8 Å². The number of H-pyrrole nitrogens is 1. The molecule has 7 heteroatoms. The normalized spacial score (nSPS) is 10.6. The number of nitrogens with zero attached hydrogens (tertiary/aromatic N) is 1. The number of aromatic nitrogens is 2. The Balaban J connectivity index is 1.65. The third kappa shape index (κ3) is 3.29. The standard InChI is InChI=1S/C17H16FN3O3/c1-10-3-5-16(24-10)13-8-14(21-20-13)17(22)19-9-11-4-6-15(23-2)12(18)7-11/h3-8H,9H2,1-2H3,(H,19,22)(H,20,21). The first-order valence-electron chi connectivity index (χ1n) is 7.29. The van der Waals surface area contributed by atoms with Gasteiger partial charge in [-0.2, -0.15) is 5.10 Å². The van der Waals surface area contributed by atoms with E-state index in [1.165, 1.54) is 19.2 Å². The van der Waals surface area contributed by atoms with Gasteiger partial charge in [0.15, 0.2) is 23.0 Å². The van der Waals surface area contributed by atoms with Crippen LogP contribution in [0.5, 0.6) is 5.75 Å². The molecule has 0 saturated heterocycles. The van der Waals surface area contributed by atoms with Crippen molar-refractivity contribution in [1.82, 2.24) is 15.5 Å². The Morgan fingerprint density at radius 1 is 1.33 bits per heavy atom. The number of aryl methyl sites for hydroxylation is 1. The van der Waals surface area contributed by atoms with Crippen LogP contribution in [-0.4, -0.2) is 23.2 Å². The van der Waals surface area contributed by atoms with Gasteiger partial charge in [0, 0.05) is 12.6 Å². The van der Waals surface area contributed by atoms with Gasteiger partial charge in [0.25, 0.3) is 5.91 Å². The van der Waals surface area contributed by atoms with Crippen LogP contribution in [0.25, 0.3) is 11.5 Å². The molecule has 24 heavy (non-hydrogen) atoms. The summed E-state index contributed by atoms with van der Waals surface area (Å²) in [5.74, 6) is 0.704. The molecule has 2 heterocycles. The summed E-state index contributed by atoms with van der Waals surface area (Å²) in [6.45, 7) is 2.02. The lowest BCUT2D eigenvalue weighted by atomic mass is 10.2. The van der Waals surface area contributed by atoms with Crippen molar-refractivity contribution in [3.8, 4) is 17.2 Å². The predicted molar refractivity (Wildman–Crippen MR) is 85.1 cm³/mol. The van der Waals surface area contributed by atoms with Crippen LogP contribution in [0.1, 0.15) is 21.8 Å². The minimum Gasteiger partial charge on any atom is -0.494 e. The average molecular weight is 329 g/mol. The van der Waals surface area contributed by atoms with Crippen molar-refractivity contribution in [2.75, 3.05) is 7.11 Å². The number of aromatic amines is 1. The molecule has 0 aliphatic rings. The lowest BCUT2D eigenvalue weighted by molar-refractivity contribution is 0.0946. The third-order valence-corrected chi connectivity index (χ3v) is 3.49. The molecule has 0 aliphatic carbocycles. The van der Waals surface area contributed by atoms with Gasteiger partial charge >= 0.3 is 0 Å². The lowest BCUT2D eigenvalue weighted by Crippen LogP contribution is -2.23. The quantitative estimate of drug-likeness (QED) is 0.754. The summed E-state index contributed by atoms with van der Waals surface area (Å²) in [7, 11) is 1.40. The number of benzene rings is 1. The third-order valence-electron chi connectivity index (χ3n) is 3.49. The Morgan fingerprint density at radius 2 is 2.17 bits per heavy atom. The first-order valence-corrected chi connectivity index (χ1v) is 7.29. The molecule has 2 N–H and O–H groups in total. The maximum absolute atomic E-state index is 13.6. The number of nitrogens with one attached hydrogen (secondary N) is 2. The van der Waals surface area contributed by atoms with Crippen LogP contribution in [0.3, 0.4) is 0 Å². The molecule has 0 fully saturated rings. The molecule has 2 aromatic heterocycles. The van der Waals surface area contributed by atoms with E-state index in [1.54, 1.807) is 18.2 Å². The number of ether oxygens (including phenoxy) is 1. The van der Waals surface area contributed by atoms with Crippen LogP contribution >= 0.6 is 0 Å². The zero-order valence-electron chi connectivity index (χ0n) is 13.2. The van der Waals surface area contributed by atoms with Gasteiger partial charge in [0.2, 0.25) is 0 Å². The van der Waals surface area contributed by atoms with Crippen molar-refractivity contribution < 1.29 is 18.3 Å². The number of hydrogen-bond acceptors (Lipinski definition) is 4. The highest BCUT2D eigenvalue weighted by atomic mass is 19.1. The van der Waals surface area contributed by atoms with E-state index in [0.29, 0.717) is 17.0 Å². The Morgan fingerprint density at radius 3 is 2.83 bits per heavy atom. The fourth-order valence-corrected chi connectivity index (χ4v) is 2.24. The number of methoxy groups -OCH3 is 1. The predicted octanol–water partition coefficient (Wildman–Crippen LogP) is 3.06. The van der Waals surface area contributed by atoms with Gasteiger partial charge in [-0.3, -0.25) is 9.89 Å². The van der Waals surface area contributed by atoms with E-state index >= 15 is 0 Å². The molecule has 0 atom stereocenters. The summed E-state index contributed by atoms with van der Waals surface area (Å²) < 4.78 is 24.0. The van der Waals surface area contributed by atoms with Crippen LogP contribution in [0.15, 0.2) is 40.8 Å². The first-order chi connectivity index (χ1) is 11.6. The van der Waals surface area contributed by atoms with Crippen molar-refractivity contribution in [2.45, 2.75) is 13.5 Å². The highest BCUT2D eigenvalue weighted by Gasteiger charge is 2.13. The van der Waals surface area contributed by atoms with Gasteiger partial charge in [0.1, 0.15) is 11.5 Å². The molecule has 0 bridgehead atoms. The highest BCUT2D eigenvalue weighted by Crippen LogP contribution is 2.20. The van der Waals surface area contributed by atoms with Crippen molar-refractivity contribution in [2.24, 2.45) is 0 Å². The number of halogens is 1. The Bertz CT molecular complexity index is 870. The molecule has 0 saturated carbocycles. The zero-order valence-corrected chi connectivity index (χ0v) is 13.2. The number of hydrogen-bond donors (Lipinski definition) is 2. The van der Waals surface area contributed by atoms with E-state index in [9.17, 15) is 9.18 Å². The van der Waals surface area contributed by atoms with E-state index < -0.39 is 5.82 Å². The highest BCUT2D eigenvalue weighted by molar-refractivity contribution is 5.93. The van der Waals surface area contributed by atoms with Crippen LogP contribution in [0.2, 0.25) is 0 Å².